The zero-order valence-corrected chi connectivity index (χ0v) is 14.4. The van der Waals surface area contributed by atoms with Crippen LogP contribution < -0.4 is 5.32 Å². The van der Waals surface area contributed by atoms with E-state index in [0.29, 0.717) is 18.5 Å². The highest BCUT2D eigenvalue weighted by Gasteiger charge is 2.25. The number of amides is 1. The molecule has 0 aromatic heterocycles. The Hall–Kier alpha value is -1.39. The predicted octanol–water partition coefficient (Wildman–Crippen LogP) is 2.21. The van der Waals surface area contributed by atoms with E-state index in [0.717, 1.165) is 45.6 Å². The fourth-order valence-corrected chi connectivity index (χ4v) is 3.08. The van der Waals surface area contributed by atoms with Crippen LogP contribution in [-0.2, 0) is 11.3 Å². The number of carbonyl (C=O) groups is 1. The molecule has 1 aromatic carbocycles. The molecule has 0 atom stereocenters. The summed E-state index contributed by atoms with van der Waals surface area (Å²) < 4.78 is 0. The summed E-state index contributed by atoms with van der Waals surface area (Å²) in [6, 6.07) is 9.48. The van der Waals surface area contributed by atoms with Crippen molar-refractivity contribution < 1.29 is 4.79 Å². The number of hydrogen-bond acceptors (Lipinski definition) is 3. The van der Waals surface area contributed by atoms with Gasteiger partial charge in [-0.15, -0.1) is 0 Å². The van der Waals surface area contributed by atoms with Crippen LogP contribution in [0.15, 0.2) is 24.3 Å². The van der Waals surface area contributed by atoms with Crippen LogP contribution in [0.25, 0.3) is 0 Å². The van der Waals surface area contributed by atoms with Crippen molar-refractivity contribution in [2.24, 2.45) is 0 Å². The molecule has 0 spiro atoms. The molecule has 23 heavy (non-hydrogen) atoms. The van der Waals surface area contributed by atoms with Crippen LogP contribution in [0.3, 0.4) is 0 Å². The van der Waals surface area contributed by atoms with Crippen LogP contribution in [0.5, 0.6) is 0 Å². The Labute approximate surface area is 139 Å². The highest BCUT2D eigenvalue weighted by atomic mass is 16.2. The molecular formula is C19H29N3O. The van der Waals surface area contributed by atoms with Gasteiger partial charge in [0.25, 0.3) is 0 Å². The summed E-state index contributed by atoms with van der Waals surface area (Å²) in [4.78, 5) is 16.6. The van der Waals surface area contributed by atoms with Crippen molar-refractivity contribution in [3.8, 4) is 0 Å². The van der Waals surface area contributed by atoms with Crippen molar-refractivity contribution in [3.05, 3.63) is 35.4 Å². The van der Waals surface area contributed by atoms with E-state index in [1.165, 1.54) is 11.1 Å². The third kappa shape index (κ3) is 5.05. The predicted molar refractivity (Wildman–Crippen MR) is 93.4 cm³/mol. The Morgan fingerprint density at radius 3 is 2.26 bits per heavy atom. The summed E-state index contributed by atoms with van der Waals surface area (Å²) in [6.45, 7) is 10.1. The number of rotatable bonds is 6. The van der Waals surface area contributed by atoms with Gasteiger partial charge in [0.15, 0.2) is 0 Å². The molecule has 3 rings (SSSR count). The van der Waals surface area contributed by atoms with Crippen LogP contribution >= 0.6 is 0 Å². The van der Waals surface area contributed by atoms with Crippen LogP contribution in [0, 0.1) is 0 Å². The SMILES string of the molecule is CC(C)c1ccc(CN2CCN(CC(=O)NC3CC3)CC2)cc1. The first-order valence-corrected chi connectivity index (χ1v) is 8.93. The Morgan fingerprint density at radius 2 is 1.70 bits per heavy atom. The van der Waals surface area contributed by atoms with Crippen molar-refractivity contribution >= 4 is 5.91 Å². The van der Waals surface area contributed by atoms with Gasteiger partial charge >= 0.3 is 0 Å². The first-order chi connectivity index (χ1) is 11.1. The fourth-order valence-electron chi connectivity index (χ4n) is 3.08. The molecule has 1 amide bonds. The lowest BCUT2D eigenvalue weighted by Crippen LogP contribution is -2.49. The molecule has 1 saturated heterocycles. The minimum absolute atomic E-state index is 0.199. The zero-order chi connectivity index (χ0) is 16.2. The van der Waals surface area contributed by atoms with Gasteiger partial charge in [-0.1, -0.05) is 38.1 Å². The zero-order valence-electron chi connectivity index (χ0n) is 14.4. The number of piperazine rings is 1. The third-order valence-corrected chi connectivity index (χ3v) is 4.83. The Kier molecular flexibility index (Phi) is 5.34. The summed E-state index contributed by atoms with van der Waals surface area (Å²) in [5, 5.41) is 3.07. The van der Waals surface area contributed by atoms with E-state index >= 15 is 0 Å². The summed E-state index contributed by atoms with van der Waals surface area (Å²) in [5.41, 5.74) is 2.79. The number of hydrogen-bond donors (Lipinski definition) is 1. The number of benzene rings is 1. The minimum Gasteiger partial charge on any atom is -0.352 e. The van der Waals surface area contributed by atoms with Gasteiger partial charge in [0.2, 0.25) is 5.91 Å². The largest absolute Gasteiger partial charge is 0.352 e. The molecule has 126 valence electrons. The average molecular weight is 315 g/mol. The highest BCUT2D eigenvalue weighted by molar-refractivity contribution is 5.78. The molecule has 1 aliphatic carbocycles. The molecule has 1 aromatic rings. The molecule has 2 fully saturated rings. The second kappa shape index (κ2) is 7.45. The van der Waals surface area contributed by atoms with Gasteiger partial charge in [-0.3, -0.25) is 14.6 Å². The average Bonchev–Trinajstić information content (AvgIpc) is 3.33. The molecule has 1 saturated carbocycles. The van der Waals surface area contributed by atoms with Crippen molar-refractivity contribution in [3.63, 3.8) is 0 Å². The van der Waals surface area contributed by atoms with E-state index in [4.69, 9.17) is 0 Å². The Morgan fingerprint density at radius 1 is 1.09 bits per heavy atom. The maximum atomic E-state index is 11.9. The first-order valence-electron chi connectivity index (χ1n) is 8.93. The molecule has 1 heterocycles. The molecule has 4 nitrogen and oxygen atoms in total. The van der Waals surface area contributed by atoms with Gasteiger partial charge in [0, 0.05) is 38.8 Å². The van der Waals surface area contributed by atoms with Crippen LogP contribution in [0.4, 0.5) is 0 Å². The van der Waals surface area contributed by atoms with E-state index in [-0.39, 0.29) is 5.91 Å². The van der Waals surface area contributed by atoms with Crippen molar-refractivity contribution in [2.75, 3.05) is 32.7 Å². The molecule has 1 N–H and O–H groups in total. The second-order valence-electron chi connectivity index (χ2n) is 7.29. The van der Waals surface area contributed by atoms with Gasteiger partial charge in [-0.05, 0) is 29.9 Å². The van der Waals surface area contributed by atoms with Gasteiger partial charge < -0.3 is 5.32 Å². The third-order valence-electron chi connectivity index (χ3n) is 4.83. The maximum Gasteiger partial charge on any atom is 0.234 e. The molecule has 4 heteroatoms. The van der Waals surface area contributed by atoms with E-state index in [1.54, 1.807) is 0 Å². The minimum atomic E-state index is 0.199. The lowest BCUT2D eigenvalue weighted by molar-refractivity contribution is -0.122. The van der Waals surface area contributed by atoms with E-state index in [9.17, 15) is 4.79 Å². The highest BCUT2D eigenvalue weighted by Crippen LogP contribution is 2.18. The number of carbonyl (C=O) groups excluding carboxylic acids is 1. The lowest BCUT2D eigenvalue weighted by Gasteiger charge is -2.34. The van der Waals surface area contributed by atoms with Gasteiger partial charge in [-0.2, -0.15) is 0 Å². The summed E-state index contributed by atoms with van der Waals surface area (Å²) >= 11 is 0. The summed E-state index contributed by atoms with van der Waals surface area (Å²) in [6.07, 6.45) is 2.32. The fraction of sp³-hybridized carbons (Fsp3) is 0.632. The summed E-state index contributed by atoms with van der Waals surface area (Å²) in [5.74, 6) is 0.791. The van der Waals surface area contributed by atoms with Gasteiger partial charge in [0.1, 0.15) is 0 Å². The number of nitrogens with zero attached hydrogens (tertiary/aromatic N) is 2. The first kappa shape index (κ1) is 16.5. The maximum absolute atomic E-state index is 11.9. The second-order valence-corrected chi connectivity index (χ2v) is 7.29. The quantitative estimate of drug-likeness (QED) is 0.874. The van der Waals surface area contributed by atoms with Crippen molar-refractivity contribution in [1.29, 1.82) is 0 Å². The molecule has 2 aliphatic rings. The lowest BCUT2D eigenvalue weighted by atomic mass is 10.0. The van der Waals surface area contributed by atoms with Gasteiger partial charge in [-0.25, -0.2) is 0 Å². The summed E-state index contributed by atoms with van der Waals surface area (Å²) in [7, 11) is 0. The number of nitrogens with one attached hydrogen (secondary N) is 1. The Bertz CT molecular complexity index is 514. The van der Waals surface area contributed by atoms with E-state index in [2.05, 4.69) is 53.2 Å². The van der Waals surface area contributed by atoms with Gasteiger partial charge in [0.05, 0.1) is 6.54 Å². The van der Waals surface area contributed by atoms with E-state index < -0.39 is 0 Å². The van der Waals surface area contributed by atoms with Crippen LogP contribution in [0.1, 0.15) is 43.7 Å². The van der Waals surface area contributed by atoms with Crippen LogP contribution in [-0.4, -0.2) is 54.5 Å². The molecule has 0 radical (unpaired) electrons. The van der Waals surface area contributed by atoms with Crippen molar-refractivity contribution in [1.82, 2.24) is 15.1 Å². The molecule has 0 unspecified atom stereocenters. The topological polar surface area (TPSA) is 35.6 Å². The smallest absolute Gasteiger partial charge is 0.234 e. The van der Waals surface area contributed by atoms with Crippen LogP contribution in [0.2, 0.25) is 0 Å². The standard InChI is InChI=1S/C19H29N3O/c1-15(2)17-5-3-16(4-6-17)13-21-9-11-22(12-10-21)14-19(23)20-18-7-8-18/h3-6,15,18H,7-14H2,1-2H3,(H,20,23). The molecular weight excluding hydrogens is 286 g/mol. The molecule has 0 bridgehead atoms. The molecule has 1 aliphatic heterocycles. The van der Waals surface area contributed by atoms with E-state index in [1.807, 2.05) is 0 Å². The monoisotopic (exact) mass is 315 g/mol. The van der Waals surface area contributed by atoms with Crippen molar-refractivity contribution in [2.45, 2.75) is 45.2 Å². The Balaban J connectivity index is 1.40. The normalized spacial score (nSPS) is 20.0.